The molecule has 0 saturated carbocycles. The van der Waals surface area contributed by atoms with Gasteiger partial charge in [0.25, 0.3) is 0 Å². The van der Waals surface area contributed by atoms with Gasteiger partial charge in [-0.2, -0.15) is 0 Å². The average Bonchev–Trinajstić information content (AvgIpc) is 3.39. The van der Waals surface area contributed by atoms with Gasteiger partial charge < -0.3 is 0 Å². The van der Waals surface area contributed by atoms with E-state index in [2.05, 4.69) is 237 Å². The number of allylic oxidation sites excluding steroid dienone is 3. The van der Waals surface area contributed by atoms with E-state index in [1.807, 2.05) is 0 Å². The highest BCUT2D eigenvalue weighted by Gasteiger charge is 2.27. The Kier molecular flexibility index (Phi) is 8.21. The first-order valence-corrected chi connectivity index (χ1v) is 23.2. The van der Waals surface area contributed by atoms with Crippen LogP contribution in [0.2, 0.25) is 0 Å². The van der Waals surface area contributed by atoms with Crippen molar-refractivity contribution in [2.45, 2.75) is 12.3 Å². The van der Waals surface area contributed by atoms with Crippen LogP contribution in [0.5, 0.6) is 0 Å². The maximum absolute atomic E-state index is 2.47. The van der Waals surface area contributed by atoms with Crippen molar-refractivity contribution in [3.05, 3.63) is 253 Å². The minimum atomic E-state index is 0.286. The van der Waals surface area contributed by atoms with Crippen LogP contribution in [0.15, 0.2) is 231 Å². The number of hydrogen-bond donors (Lipinski definition) is 0. The minimum absolute atomic E-state index is 0.286. The number of hydrogen-bond acceptors (Lipinski definition) is 0. The van der Waals surface area contributed by atoms with Crippen LogP contribution >= 0.6 is 0 Å². The summed E-state index contributed by atoms with van der Waals surface area (Å²) in [4.78, 5) is 0. The standard InChI is InChI=1S/C66H42/c1-2-7-46(8-3-1)55-32-24-49-29-37-60-56(33-25-50-28-36-59(55)63(49)64(50)60)47-19-14-44(15-20-47)42-10-12-43(13-11-42)45-16-21-48(22-17-45)57-34-26-51-31-39-62-58(35-27-52-30-38-61(57)65(51)66(52)62)54-23-18-41-6-4-5-9-53(41)40-54/h1-27,29-40,55H,28H2. The zero-order valence-electron chi connectivity index (χ0n) is 36.3. The smallest absolute Gasteiger partial charge is 0.0276 e. The normalized spacial score (nSPS) is 14.2. The summed E-state index contributed by atoms with van der Waals surface area (Å²) in [6, 6.07) is 81.5. The molecular formula is C66H42. The lowest BCUT2D eigenvalue weighted by atomic mass is 9.74. The topological polar surface area (TPSA) is 0 Å². The van der Waals surface area contributed by atoms with E-state index in [4.69, 9.17) is 0 Å². The van der Waals surface area contributed by atoms with Crippen molar-refractivity contribution in [3.8, 4) is 55.6 Å². The Balaban J connectivity index is 0.745. The molecule has 1 atom stereocenters. The lowest BCUT2D eigenvalue weighted by molar-refractivity contribution is 1.08. The Labute approximate surface area is 384 Å². The quantitative estimate of drug-likeness (QED) is 0.146. The first-order valence-electron chi connectivity index (χ1n) is 23.2. The average molecular weight is 835 g/mol. The third-order valence-electron chi connectivity index (χ3n) is 14.8. The molecule has 12 aromatic carbocycles. The van der Waals surface area contributed by atoms with Crippen molar-refractivity contribution < 1.29 is 0 Å². The van der Waals surface area contributed by atoms with E-state index >= 15 is 0 Å². The molecule has 2 aliphatic rings. The molecule has 14 rings (SSSR count). The summed E-state index contributed by atoms with van der Waals surface area (Å²) in [6.45, 7) is 0. The Morgan fingerprint density at radius 1 is 0.333 bits per heavy atom. The molecular weight excluding hydrogens is 793 g/mol. The van der Waals surface area contributed by atoms with Crippen molar-refractivity contribution in [2.75, 3.05) is 0 Å². The first-order chi connectivity index (χ1) is 32.7. The van der Waals surface area contributed by atoms with Gasteiger partial charge in [0.15, 0.2) is 0 Å². The van der Waals surface area contributed by atoms with E-state index in [9.17, 15) is 0 Å². The van der Waals surface area contributed by atoms with Gasteiger partial charge in [0.05, 0.1) is 0 Å². The van der Waals surface area contributed by atoms with Crippen molar-refractivity contribution in [3.63, 3.8) is 0 Å². The molecule has 0 amide bonds. The van der Waals surface area contributed by atoms with E-state index in [0.29, 0.717) is 0 Å². The molecule has 0 saturated heterocycles. The molecule has 0 nitrogen and oxygen atoms in total. The third kappa shape index (κ3) is 5.78. The Morgan fingerprint density at radius 3 is 1.42 bits per heavy atom. The van der Waals surface area contributed by atoms with Crippen LogP contribution in [0.4, 0.5) is 0 Å². The maximum Gasteiger partial charge on any atom is 0.0276 e. The molecule has 0 spiro atoms. The van der Waals surface area contributed by atoms with E-state index in [0.717, 1.165) is 6.42 Å². The highest BCUT2D eigenvalue weighted by molar-refractivity contribution is 6.27. The van der Waals surface area contributed by atoms with Gasteiger partial charge >= 0.3 is 0 Å². The van der Waals surface area contributed by atoms with Crippen LogP contribution in [0.3, 0.4) is 0 Å². The van der Waals surface area contributed by atoms with Gasteiger partial charge in [0.2, 0.25) is 0 Å². The van der Waals surface area contributed by atoms with E-state index in [1.54, 1.807) is 0 Å². The predicted molar refractivity (Wildman–Crippen MR) is 282 cm³/mol. The summed E-state index contributed by atoms with van der Waals surface area (Å²) in [6.07, 6.45) is 8.14. The van der Waals surface area contributed by atoms with Crippen LogP contribution < -0.4 is 0 Å². The monoisotopic (exact) mass is 834 g/mol. The van der Waals surface area contributed by atoms with Gasteiger partial charge in [-0.15, -0.1) is 0 Å². The van der Waals surface area contributed by atoms with Crippen LogP contribution in [0, 0.1) is 0 Å². The molecule has 12 aromatic rings. The molecule has 2 aliphatic carbocycles. The second kappa shape index (κ2) is 14.6. The molecule has 0 heterocycles. The highest BCUT2D eigenvalue weighted by atomic mass is 14.3. The van der Waals surface area contributed by atoms with Gasteiger partial charge in [0.1, 0.15) is 0 Å². The SMILES string of the molecule is C1=CC(c2ccccc2)C2=CCc3ccc(-c4ccc(-c5ccc(-c6ccc(-c7ccc8ccc9c(-c%10ccc%11ccccc%11c%10)ccc%10ccc7c8c%109)cc6)cc5)cc4)c4ccc1c2c34. The Bertz CT molecular complexity index is 3960. The Morgan fingerprint density at radius 2 is 0.803 bits per heavy atom. The molecule has 0 radical (unpaired) electrons. The lowest BCUT2D eigenvalue weighted by Crippen LogP contribution is -2.10. The summed E-state index contributed by atoms with van der Waals surface area (Å²) in [7, 11) is 0. The van der Waals surface area contributed by atoms with Crippen LogP contribution in [-0.4, -0.2) is 0 Å². The van der Waals surface area contributed by atoms with Crippen LogP contribution in [0.25, 0.3) is 121 Å². The molecule has 0 N–H and O–H groups in total. The lowest BCUT2D eigenvalue weighted by Gasteiger charge is -2.30. The largest absolute Gasteiger partial charge is 0.0753 e. The summed E-state index contributed by atoms with van der Waals surface area (Å²) < 4.78 is 0. The van der Waals surface area contributed by atoms with Gasteiger partial charge in [-0.1, -0.05) is 231 Å². The van der Waals surface area contributed by atoms with Crippen molar-refractivity contribution in [2.24, 2.45) is 0 Å². The molecule has 0 aliphatic heterocycles. The van der Waals surface area contributed by atoms with Gasteiger partial charge in [-0.05, 0) is 150 Å². The Hall–Kier alpha value is -8.32. The molecule has 0 bridgehead atoms. The summed E-state index contributed by atoms with van der Waals surface area (Å²) in [5.74, 6) is 0.286. The van der Waals surface area contributed by atoms with Crippen molar-refractivity contribution in [1.29, 1.82) is 0 Å². The highest BCUT2D eigenvalue weighted by Crippen LogP contribution is 2.48. The molecule has 0 fully saturated rings. The summed E-state index contributed by atoms with van der Waals surface area (Å²) in [5, 5.41) is 13.1. The molecule has 0 heteroatoms. The molecule has 1 unspecified atom stereocenters. The number of rotatable bonds is 6. The molecule has 0 aromatic heterocycles. The van der Waals surface area contributed by atoms with E-state index in [1.165, 1.54) is 137 Å². The second-order valence-electron chi connectivity index (χ2n) is 18.3. The van der Waals surface area contributed by atoms with Gasteiger partial charge in [0, 0.05) is 5.92 Å². The van der Waals surface area contributed by atoms with Crippen LogP contribution in [-0.2, 0) is 6.42 Å². The fourth-order valence-corrected chi connectivity index (χ4v) is 11.5. The predicted octanol–water partition coefficient (Wildman–Crippen LogP) is 18.0. The first kappa shape index (κ1) is 37.1. The molecule has 66 heavy (non-hydrogen) atoms. The summed E-state index contributed by atoms with van der Waals surface area (Å²) >= 11 is 0. The van der Waals surface area contributed by atoms with E-state index < -0.39 is 0 Å². The number of benzene rings is 12. The zero-order valence-corrected chi connectivity index (χ0v) is 36.3. The maximum atomic E-state index is 2.47. The van der Waals surface area contributed by atoms with Crippen LogP contribution in [0.1, 0.15) is 28.2 Å². The minimum Gasteiger partial charge on any atom is -0.0753 e. The zero-order chi connectivity index (χ0) is 43.3. The van der Waals surface area contributed by atoms with E-state index in [-0.39, 0.29) is 5.92 Å². The summed E-state index contributed by atoms with van der Waals surface area (Å²) in [5.41, 5.74) is 19.4. The van der Waals surface area contributed by atoms with Crippen molar-refractivity contribution in [1.82, 2.24) is 0 Å². The van der Waals surface area contributed by atoms with Gasteiger partial charge in [-0.25, -0.2) is 0 Å². The third-order valence-corrected chi connectivity index (χ3v) is 14.8. The second-order valence-corrected chi connectivity index (χ2v) is 18.3. The van der Waals surface area contributed by atoms with Crippen molar-refractivity contribution >= 4 is 65.5 Å². The number of fused-ring (bicyclic) bond motifs is 1. The molecule has 306 valence electrons. The fraction of sp³-hybridized carbons (Fsp3) is 0.0303. The fourth-order valence-electron chi connectivity index (χ4n) is 11.5. The van der Waals surface area contributed by atoms with Gasteiger partial charge in [-0.3, -0.25) is 0 Å².